The van der Waals surface area contributed by atoms with Crippen molar-refractivity contribution in [2.45, 2.75) is 26.3 Å². The molecule has 0 atom stereocenters. The fourth-order valence-corrected chi connectivity index (χ4v) is 1.85. The summed E-state index contributed by atoms with van der Waals surface area (Å²) in [5.41, 5.74) is 1.06. The maximum Gasteiger partial charge on any atom is 0.191 e. The average molecular weight is 303 g/mol. The van der Waals surface area contributed by atoms with Gasteiger partial charge in [-0.15, -0.1) is 6.42 Å². The van der Waals surface area contributed by atoms with Crippen LogP contribution in [0.15, 0.2) is 23.2 Å². The van der Waals surface area contributed by atoms with Gasteiger partial charge in [-0.3, -0.25) is 4.99 Å². The van der Waals surface area contributed by atoms with Gasteiger partial charge in [0.2, 0.25) is 0 Å². The van der Waals surface area contributed by atoms with Crippen LogP contribution in [0, 0.1) is 12.3 Å². The van der Waals surface area contributed by atoms with Crippen molar-refractivity contribution in [3.8, 4) is 23.8 Å². The zero-order valence-corrected chi connectivity index (χ0v) is 13.6. The number of nitrogens with zero attached hydrogens (tertiary/aromatic N) is 1. The minimum absolute atomic E-state index is 0.216. The first-order valence-corrected chi connectivity index (χ1v) is 7.42. The molecule has 0 aromatic heterocycles. The van der Waals surface area contributed by atoms with E-state index in [1.54, 1.807) is 14.2 Å². The van der Waals surface area contributed by atoms with E-state index in [2.05, 4.69) is 28.5 Å². The summed E-state index contributed by atoms with van der Waals surface area (Å²) in [5, 5.41) is 6.54. The first-order valence-electron chi connectivity index (χ1n) is 7.42. The van der Waals surface area contributed by atoms with Gasteiger partial charge in [-0.2, -0.15) is 0 Å². The second-order valence-corrected chi connectivity index (χ2v) is 4.68. The molecule has 5 heteroatoms. The molecule has 1 aromatic rings. The van der Waals surface area contributed by atoms with Crippen LogP contribution in [0.5, 0.6) is 11.5 Å². The van der Waals surface area contributed by atoms with Crippen molar-refractivity contribution < 1.29 is 9.47 Å². The topological polar surface area (TPSA) is 54.9 Å². The van der Waals surface area contributed by atoms with Crippen molar-refractivity contribution in [1.29, 1.82) is 0 Å². The predicted octanol–water partition coefficient (Wildman–Crippen LogP) is 2.17. The summed E-state index contributed by atoms with van der Waals surface area (Å²) < 4.78 is 10.8. The van der Waals surface area contributed by atoms with E-state index in [1.165, 1.54) is 0 Å². The Hall–Kier alpha value is -2.35. The fourth-order valence-electron chi connectivity index (χ4n) is 1.85. The highest BCUT2D eigenvalue weighted by Gasteiger charge is 2.06. The maximum absolute atomic E-state index is 5.50. The van der Waals surface area contributed by atoms with Crippen molar-refractivity contribution in [3.05, 3.63) is 23.8 Å². The largest absolute Gasteiger partial charge is 0.493 e. The standard InChI is InChI=1S/C17H25N3O2/c1-5-7-10-19-17(18-3)20-13-14-8-9-15(21-4)16(12-14)22-11-6-2/h2,8-9,12H,5,7,10-11,13H2,1,3-4H3,(H2,18,19,20). The highest BCUT2D eigenvalue weighted by atomic mass is 16.5. The molecule has 0 heterocycles. The van der Waals surface area contributed by atoms with Gasteiger partial charge in [0, 0.05) is 20.1 Å². The summed E-state index contributed by atoms with van der Waals surface area (Å²) in [5.74, 6) is 4.56. The molecule has 0 saturated carbocycles. The van der Waals surface area contributed by atoms with Crippen LogP contribution in [0.4, 0.5) is 0 Å². The van der Waals surface area contributed by atoms with Crippen LogP contribution < -0.4 is 20.1 Å². The third-order valence-electron chi connectivity index (χ3n) is 3.05. The molecular weight excluding hydrogens is 278 g/mol. The minimum atomic E-state index is 0.216. The van der Waals surface area contributed by atoms with Crippen LogP contribution in [0.3, 0.4) is 0 Å². The van der Waals surface area contributed by atoms with E-state index in [0.29, 0.717) is 18.0 Å². The smallest absolute Gasteiger partial charge is 0.191 e. The van der Waals surface area contributed by atoms with Crippen LogP contribution >= 0.6 is 0 Å². The predicted molar refractivity (Wildman–Crippen MR) is 90.4 cm³/mol. The number of aliphatic imine (C=N–C) groups is 1. The number of ether oxygens (including phenoxy) is 2. The van der Waals surface area contributed by atoms with Crippen molar-refractivity contribution in [3.63, 3.8) is 0 Å². The maximum atomic E-state index is 5.50. The number of benzene rings is 1. The molecule has 1 rings (SSSR count). The summed E-state index contributed by atoms with van der Waals surface area (Å²) in [6, 6.07) is 5.77. The summed E-state index contributed by atoms with van der Waals surface area (Å²) in [6.07, 6.45) is 7.50. The Morgan fingerprint density at radius 3 is 2.77 bits per heavy atom. The Bertz CT molecular complexity index is 521. The third kappa shape index (κ3) is 5.96. The van der Waals surface area contributed by atoms with Gasteiger partial charge in [-0.05, 0) is 24.1 Å². The molecule has 5 nitrogen and oxygen atoms in total. The Balaban J connectivity index is 2.63. The SMILES string of the molecule is C#CCOc1cc(CNC(=NC)NCCCC)ccc1OC. The van der Waals surface area contributed by atoms with E-state index in [0.717, 1.165) is 30.9 Å². The van der Waals surface area contributed by atoms with Crippen molar-refractivity contribution in [1.82, 2.24) is 10.6 Å². The number of hydrogen-bond donors (Lipinski definition) is 2. The lowest BCUT2D eigenvalue weighted by Gasteiger charge is -2.13. The Kier molecular flexibility index (Phi) is 8.36. The molecule has 1 aromatic carbocycles. The minimum Gasteiger partial charge on any atom is -0.493 e. The van der Waals surface area contributed by atoms with E-state index in [1.807, 2.05) is 18.2 Å². The van der Waals surface area contributed by atoms with Crippen LogP contribution in [-0.2, 0) is 6.54 Å². The van der Waals surface area contributed by atoms with Gasteiger partial charge in [0.1, 0.15) is 6.61 Å². The van der Waals surface area contributed by atoms with E-state index in [-0.39, 0.29) is 6.61 Å². The molecule has 22 heavy (non-hydrogen) atoms. The van der Waals surface area contributed by atoms with Crippen molar-refractivity contribution in [2.75, 3.05) is 27.3 Å². The molecule has 0 aliphatic carbocycles. The third-order valence-corrected chi connectivity index (χ3v) is 3.05. The van der Waals surface area contributed by atoms with Crippen LogP contribution in [-0.4, -0.2) is 33.3 Å². The zero-order chi connectivity index (χ0) is 16.2. The second kappa shape index (κ2) is 10.4. The molecule has 0 saturated heterocycles. The highest BCUT2D eigenvalue weighted by molar-refractivity contribution is 5.79. The van der Waals surface area contributed by atoms with Crippen LogP contribution in [0.2, 0.25) is 0 Å². The monoisotopic (exact) mass is 303 g/mol. The first-order chi connectivity index (χ1) is 10.7. The molecule has 0 aliphatic heterocycles. The van der Waals surface area contributed by atoms with Crippen LogP contribution in [0.25, 0.3) is 0 Å². The van der Waals surface area contributed by atoms with Gasteiger partial charge in [-0.1, -0.05) is 25.3 Å². The molecule has 2 N–H and O–H groups in total. The van der Waals surface area contributed by atoms with E-state index in [4.69, 9.17) is 15.9 Å². The number of nitrogens with one attached hydrogen (secondary N) is 2. The Labute approximate surface area is 133 Å². The molecule has 0 spiro atoms. The fraction of sp³-hybridized carbons (Fsp3) is 0.471. The lowest BCUT2D eigenvalue weighted by atomic mass is 10.2. The molecule has 120 valence electrons. The first kappa shape index (κ1) is 17.7. The lowest BCUT2D eigenvalue weighted by Crippen LogP contribution is -2.37. The van der Waals surface area contributed by atoms with E-state index >= 15 is 0 Å². The normalized spacial score (nSPS) is 10.7. The summed E-state index contributed by atoms with van der Waals surface area (Å²) in [7, 11) is 3.37. The van der Waals surface area contributed by atoms with Gasteiger partial charge in [0.05, 0.1) is 7.11 Å². The highest BCUT2D eigenvalue weighted by Crippen LogP contribution is 2.27. The van der Waals surface area contributed by atoms with Crippen molar-refractivity contribution in [2.24, 2.45) is 4.99 Å². The van der Waals surface area contributed by atoms with Gasteiger partial charge < -0.3 is 20.1 Å². The second-order valence-electron chi connectivity index (χ2n) is 4.68. The molecule has 0 radical (unpaired) electrons. The molecule has 0 aliphatic rings. The summed E-state index contributed by atoms with van der Waals surface area (Å²) in [4.78, 5) is 4.19. The zero-order valence-electron chi connectivity index (χ0n) is 13.6. The van der Waals surface area contributed by atoms with Gasteiger partial charge >= 0.3 is 0 Å². The average Bonchev–Trinajstić information content (AvgIpc) is 2.56. The number of methoxy groups -OCH3 is 1. The summed E-state index contributed by atoms with van der Waals surface area (Å²) >= 11 is 0. The van der Waals surface area contributed by atoms with E-state index < -0.39 is 0 Å². The molecule has 0 amide bonds. The molecule has 0 bridgehead atoms. The Morgan fingerprint density at radius 2 is 2.14 bits per heavy atom. The summed E-state index contributed by atoms with van der Waals surface area (Å²) in [6.45, 7) is 3.93. The molecule has 0 unspecified atom stereocenters. The molecular formula is C17H25N3O2. The number of guanidine groups is 1. The molecule has 0 fully saturated rings. The number of rotatable bonds is 8. The Morgan fingerprint density at radius 1 is 1.32 bits per heavy atom. The van der Waals surface area contributed by atoms with Gasteiger partial charge in [-0.25, -0.2) is 0 Å². The van der Waals surface area contributed by atoms with Crippen molar-refractivity contribution >= 4 is 5.96 Å². The van der Waals surface area contributed by atoms with Gasteiger partial charge in [0.15, 0.2) is 17.5 Å². The quantitative estimate of drug-likeness (QED) is 0.334. The van der Waals surface area contributed by atoms with Crippen LogP contribution in [0.1, 0.15) is 25.3 Å². The van der Waals surface area contributed by atoms with E-state index in [9.17, 15) is 0 Å². The lowest BCUT2D eigenvalue weighted by molar-refractivity contribution is 0.330. The number of terminal acetylenes is 1. The number of unbranched alkanes of at least 4 members (excludes halogenated alkanes) is 1. The number of hydrogen-bond acceptors (Lipinski definition) is 3. The van der Waals surface area contributed by atoms with Gasteiger partial charge in [0.25, 0.3) is 0 Å².